The zero-order chi connectivity index (χ0) is 23.4. The molecule has 1 heterocycles. The van der Waals surface area contributed by atoms with E-state index >= 15 is 0 Å². The van der Waals surface area contributed by atoms with Gasteiger partial charge < -0.3 is 25.0 Å². The zero-order valence-electron chi connectivity index (χ0n) is 20.1. The lowest BCUT2D eigenvalue weighted by atomic mass is 9.91. The number of rotatable bonds is 7. The van der Waals surface area contributed by atoms with Crippen molar-refractivity contribution in [2.45, 2.75) is 63.5 Å². The molecule has 4 rings (SSSR count). The van der Waals surface area contributed by atoms with Gasteiger partial charge >= 0.3 is 0 Å². The number of anilines is 2. The molecule has 8 nitrogen and oxygen atoms in total. The molecule has 0 radical (unpaired) electrons. The lowest BCUT2D eigenvalue weighted by Gasteiger charge is -2.30. The average Bonchev–Trinajstić information content (AvgIpc) is 2.84. The molecule has 1 aromatic carbocycles. The van der Waals surface area contributed by atoms with Gasteiger partial charge in [-0.1, -0.05) is 0 Å². The molecule has 2 N–H and O–H groups in total. The average molecular weight is 454 g/mol. The first kappa shape index (κ1) is 23.1. The summed E-state index contributed by atoms with van der Waals surface area (Å²) in [6.07, 6.45) is 8.27. The van der Waals surface area contributed by atoms with Crippen molar-refractivity contribution < 1.29 is 14.3 Å². The molecular formula is C25H35N5O3. The van der Waals surface area contributed by atoms with Gasteiger partial charge in [-0.25, -0.2) is 4.98 Å². The van der Waals surface area contributed by atoms with E-state index < -0.39 is 0 Å². The number of ether oxygens (including phenoxy) is 2. The van der Waals surface area contributed by atoms with Gasteiger partial charge in [0.1, 0.15) is 5.82 Å². The third-order valence-electron chi connectivity index (χ3n) is 6.63. The molecule has 0 atom stereocenters. The molecule has 0 unspecified atom stereocenters. The number of methoxy groups -OCH3 is 2. The molecule has 8 heteroatoms. The van der Waals surface area contributed by atoms with Gasteiger partial charge in [-0.2, -0.15) is 4.98 Å². The molecule has 0 aliphatic heterocycles. The van der Waals surface area contributed by atoms with E-state index in [1.54, 1.807) is 32.4 Å². The molecule has 2 aromatic rings. The van der Waals surface area contributed by atoms with E-state index in [2.05, 4.69) is 15.5 Å². The van der Waals surface area contributed by atoms with E-state index in [-0.39, 0.29) is 11.9 Å². The number of fused-ring (bicyclic) bond motifs is 1. The van der Waals surface area contributed by atoms with Crippen LogP contribution in [0.5, 0.6) is 11.5 Å². The molecule has 0 saturated heterocycles. The van der Waals surface area contributed by atoms with Crippen LogP contribution in [0.1, 0.15) is 60.1 Å². The van der Waals surface area contributed by atoms with Crippen molar-refractivity contribution in [2.24, 2.45) is 0 Å². The molecule has 2 aliphatic carbocycles. The molecule has 178 valence electrons. The Morgan fingerprint density at radius 2 is 1.67 bits per heavy atom. The van der Waals surface area contributed by atoms with Crippen LogP contribution in [0.2, 0.25) is 0 Å². The number of benzene rings is 1. The summed E-state index contributed by atoms with van der Waals surface area (Å²) < 4.78 is 10.6. The van der Waals surface area contributed by atoms with Gasteiger partial charge in [0.25, 0.3) is 5.91 Å². The number of hydrogen-bond donors (Lipinski definition) is 2. The lowest BCUT2D eigenvalue weighted by molar-refractivity contribution is 0.0926. The summed E-state index contributed by atoms with van der Waals surface area (Å²) in [4.78, 5) is 24.5. The van der Waals surface area contributed by atoms with Crippen molar-refractivity contribution >= 4 is 17.7 Å². The van der Waals surface area contributed by atoms with E-state index in [0.29, 0.717) is 23.1 Å². The molecule has 1 fully saturated rings. The fourth-order valence-electron chi connectivity index (χ4n) is 4.82. The van der Waals surface area contributed by atoms with Crippen LogP contribution in [0.3, 0.4) is 0 Å². The highest BCUT2D eigenvalue weighted by atomic mass is 16.5. The second-order valence-corrected chi connectivity index (χ2v) is 9.13. The number of amides is 1. The van der Waals surface area contributed by atoms with Crippen LogP contribution in [-0.2, 0) is 12.8 Å². The molecular weight excluding hydrogens is 418 g/mol. The Kier molecular flexibility index (Phi) is 7.20. The zero-order valence-corrected chi connectivity index (χ0v) is 20.1. The Labute approximate surface area is 196 Å². The predicted molar refractivity (Wildman–Crippen MR) is 130 cm³/mol. The third-order valence-corrected chi connectivity index (χ3v) is 6.63. The molecule has 0 spiro atoms. The summed E-state index contributed by atoms with van der Waals surface area (Å²) in [5.41, 5.74) is 3.07. The first-order valence-corrected chi connectivity index (χ1v) is 11.8. The highest BCUT2D eigenvalue weighted by Gasteiger charge is 2.25. The van der Waals surface area contributed by atoms with Crippen LogP contribution in [-0.4, -0.2) is 56.3 Å². The van der Waals surface area contributed by atoms with Crippen molar-refractivity contribution in [2.75, 3.05) is 38.5 Å². The maximum absolute atomic E-state index is 12.7. The monoisotopic (exact) mass is 453 g/mol. The maximum atomic E-state index is 12.7. The van der Waals surface area contributed by atoms with Gasteiger partial charge in [0.2, 0.25) is 5.95 Å². The number of nitrogens with zero attached hydrogens (tertiary/aromatic N) is 3. The standard InChI is InChI=1S/C25H35N5O3/c1-30(2)23-19-7-5-6-8-20(19)28-25(29-23)27-18-12-10-17(11-13-18)26-24(31)16-9-14-21(32-3)22(15-16)33-4/h9,14-15,17-18H,5-8,10-13H2,1-4H3,(H,26,31)(H,27,28,29)/t17-,18+. The second-order valence-electron chi connectivity index (χ2n) is 9.13. The number of aryl methyl sites for hydroxylation is 1. The summed E-state index contributed by atoms with van der Waals surface area (Å²) in [5.74, 6) is 2.86. The largest absolute Gasteiger partial charge is 0.493 e. The fourth-order valence-corrected chi connectivity index (χ4v) is 4.82. The topological polar surface area (TPSA) is 88.6 Å². The van der Waals surface area contributed by atoms with Crippen molar-refractivity contribution in [3.05, 3.63) is 35.0 Å². The Hall–Kier alpha value is -3.03. The van der Waals surface area contributed by atoms with Crippen LogP contribution in [0.15, 0.2) is 18.2 Å². The maximum Gasteiger partial charge on any atom is 0.251 e. The molecule has 0 bridgehead atoms. The summed E-state index contributed by atoms with van der Waals surface area (Å²) in [6, 6.07) is 5.72. The van der Waals surface area contributed by atoms with Gasteiger partial charge in [0.15, 0.2) is 11.5 Å². The number of carbonyl (C=O) groups is 1. The Balaban J connectivity index is 1.34. The first-order chi connectivity index (χ1) is 16.0. The van der Waals surface area contributed by atoms with Crippen LogP contribution in [0.25, 0.3) is 0 Å². The van der Waals surface area contributed by atoms with E-state index in [4.69, 9.17) is 19.4 Å². The summed E-state index contributed by atoms with van der Waals surface area (Å²) in [7, 11) is 7.25. The quantitative estimate of drug-likeness (QED) is 0.662. The number of nitrogens with one attached hydrogen (secondary N) is 2. The highest BCUT2D eigenvalue weighted by molar-refractivity contribution is 5.95. The van der Waals surface area contributed by atoms with Crippen LogP contribution in [0, 0.1) is 0 Å². The number of carbonyl (C=O) groups excluding carboxylic acids is 1. The Morgan fingerprint density at radius 3 is 2.36 bits per heavy atom. The fraction of sp³-hybridized carbons (Fsp3) is 0.560. The normalized spacial score (nSPS) is 19.9. The van der Waals surface area contributed by atoms with Crippen LogP contribution >= 0.6 is 0 Å². The molecule has 1 aromatic heterocycles. The first-order valence-electron chi connectivity index (χ1n) is 11.8. The molecule has 1 amide bonds. The SMILES string of the molecule is COc1ccc(C(=O)N[C@H]2CC[C@@H](Nc3nc4c(c(N(C)C)n3)CCCC4)CC2)cc1OC. The van der Waals surface area contributed by atoms with Crippen molar-refractivity contribution in [3.8, 4) is 11.5 Å². The van der Waals surface area contributed by atoms with Crippen molar-refractivity contribution in [1.82, 2.24) is 15.3 Å². The molecule has 33 heavy (non-hydrogen) atoms. The van der Waals surface area contributed by atoms with Crippen LogP contribution < -0.4 is 25.0 Å². The van der Waals surface area contributed by atoms with E-state index in [9.17, 15) is 4.79 Å². The van der Waals surface area contributed by atoms with Gasteiger partial charge in [0.05, 0.1) is 19.9 Å². The molecule has 1 saturated carbocycles. The van der Waals surface area contributed by atoms with Crippen molar-refractivity contribution in [1.29, 1.82) is 0 Å². The molecule has 2 aliphatic rings. The van der Waals surface area contributed by atoms with Gasteiger partial charge in [0, 0.05) is 37.3 Å². The van der Waals surface area contributed by atoms with Crippen molar-refractivity contribution in [3.63, 3.8) is 0 Å². The van der Waals surface area contributed by atoms with Crippen LogP contribution in [0.4, 0.5) is 11.8 Å². The number of aromatic nitrogens is 2. The minimum atomic E-state index is -0.0824. The van der Waals surface area contributed by atoms with E-state index in [1.165, 1.54) is 24.1 Å². The second kappa shape index (κ2) is 10.3. The minimum absolute atomic E-state index is 0.0824. The minimum Gasteiger partial charge on any atom is -0.493 e. The Morgan fingerprint density at radius 1 is 0.970 bits per heavy atom. The van der Waals surface area contributed by atoms with Gasteiger partial charge in [-0.15, -0.1) is 0 Å². The predicted octanol–water partition coefficient (Wildman–Crippen LogP) is 3.59. The van der Waals surface area contributed by atoms with E-state index in [0.717, 1.165) is 50.3 Å². The van der Waals surface area contributed by atoms with E-state index in [1.807, 2.05) is 14.1 Å². The third kappa shape index (κ3) is 5.31. The van der Waals surface area contributed by atoms with Gasteiger partial charge in [-0.3, -0.25) is 4.79 Å². The summed E-state index contributed by atoms with van der Waals surface area (Å²) in [6.45, 7) is 0. The summed E-state index contributed by atoms with van der Waals surface area (Å²) in [5, 5.41) is 6.74. The lowest BCUT2D eigenvalue weighted by Crippen LogP contribution is -2.40. The smallest absolute Gasteiger partial charge is 0.251 e. The Bertz CT molecular complexity index is 986. The highest BCUT2D eigenvalue weighted by Crippen LogP contribution is 2.30. The number of hydrogen-bond acceptors (Lipinski definition) is 7. The summed E-state index contributed by atoms with van der Waals surface area (Å²) >= 11 is 0. The van der Waals surface area contributed by atoms with Gasteiger partial charge in [-0.05, 0) is 69.6 Å².